The highest BCUT2D eigenvalue weighted by molar-refractivity contribution is 5.79. The van der Waals surface area contributed by atoms with Gasteiger partial charge < -0.3 is 4.74 Å². The third-order valence-electron chi connectivity index (χ3n) is 3.74. The van der Waals surface area contributed by atoms with Gasteiger partial charge in [0.05, 0.1) is 16.6 Å². The SMILES string of the molecule is Cc1nnc2c(Oc3cccc(C(F)(F)F)c3)nc3ccccc3n12. The first-order valence-corrected chi connectivity index (χ1v) is 7.39. The molecule has 2 aromatic heterocycles. The predicted molar refractivity (Wildman–Crippen MR) is 84.5 cm³/mol. The van der Waals surface area contributed by atoms with E-state index in [1.807, 2.05) is 18.2 Å². The summed E-state index contributed by atoms with van der Waals surface area (Å²) in [5, 5.41) is 8.06. The molecule has 0 atom stereocenters. The first-order valence-electron chi connectivity index (χ1n) is 7.39. The fourth-order valence-electron chi connectivity index (χ4n) is 2.61. The van der Waals surface area contributed by atoms with E-state index in [0.717, 1.165) is 17.6 Å². The van der Waals surface area contributed by atoms with E-state index >= 15 is 0 Å². The first kappa shape index (κ1) is 15.4. The summed E-state index contributed by atoms with van der Waals surface area (Å²) in [6, 6.07) is 11.9. The molecule has 0 aliphatic heterocycles. The van der Waals surface area contributed by atoms with E-state index in [0.29, 0.717) is 17.0 Å². The van der Waals surface area contributed by atoms with E-state index in [1.54, 1.807) is 17.4 Å². The van der Waals surface area contributed by atoms with Crippen LogP contribution in [0, 0.1) is 6.92 Å². The molecule has 2 heterocycles. The number of ether oxygens (including phenoxy) is 1. The standard InChI is InChI=1S/C17H11F3N4O/c1-10-22-23-15-16(21-13-7-2-3-8-14(13)24(10)15)25-12-6-4-5-11(9-12)17(18,19)20/h2-9H,1H3. The van der Waals surface area contributed by atoms with Crippen molar-refractivity contribution >= 4 is 16.7 Å². The van der Waals surface area contributed by atoms with Gasteiger partial charge in [0, 0.05) is 0 Å². The summed E-state index contributed by atoms with van der Waals surface area (Å²) in [6.45, 7) is 1.78. The summed E-state index contributed by atoms with van der Waals surface area (Å²) in [7, 11) is 0. The van der Waals surface area contributed by atoms with Gasteiger partial charge in [-0.2, -0.15) is 13.2 Å². The molecule has 0 N–H and O–H groups in total. The maximum absolute atomic E-state index is 12.9. The van der Waals surface area contributed by atoms with Crippen LogP contribution in [0.25, 0.3) is 16.7 Å². The van der Waals surface area contributed by atoms with Gasteiger partial charge >= 0.3 is 6.18 Å². The summed E-state index contributed by atoms with van der Waals surface area (Å²) < 4.78 is 46.0. The molecular weight excluding hydrogens is 333 g/mol. The van der Waals surface area contributed by atoms with Gasteiger partial charge in [-0.25, -0.2) is 4.98 Å². The number of alkyl halides is 3. The minimum atomic E-state index is -4.45. The van der Waals surface area contributed by atoms with Crippen molar-refractivity contribution in [2.45, 2.75) is 13.1 Å². The average Bonchev–Trinajstić information content (AvgIpc) is 2.97. The summed E-state index contributed by atoms with van der Waals surface area (Å²) in [5.41, 5.74) is 0.962. The van der Waals surface area contributed by atoms with Crippen LogP contribution in [-0.2, 0) is 6.18 Å². The van der Waals surface area contributed by atoms with Crippen molar-refractivity contribution < 1.29 is 17.9 Å². The lowest BCUT2D eigenvalue weighted by Gasteiger charge is -2.11. The summed E-state index contributed by atoms with van der Waals surface area (Å²) in [5.74, 6) is 0.751. The van der Waals surface area contributed by atoms with Crippen LogP contribution < -0.4 is 4.74 Å². The van der Waals surface area contributed by atoms with Crippen LogP contribution >= 0.6 is 0 Å². The number of hydrogen-bond donors (Lipinski definition) is 0. The molecule has 2 aromatic carbocycles. The minimum Gasteiger partial charge on any atom is -0.436 e. The Labute approximate surface area is 139 Å². The molecule has 8 heteroatoms. The number of benzene rings is 2. The van der Waals surface area contributed by atoms with Gasteiger partial charge in [-0.3, -0.25) is 4.40 Å². The van der Waals surface area contributed by atoms with Crippen LogP contribution in [0.5, 0.6) is 11.6 Å². The molecule has 0 amide bonds. The normalized spacial score (nSPS) is 12.0. The Morgan fingerprint density at radius 3 is 2.60 bits per heavy atom. The van der Waals surface area contributed by atoms with Crippen LogP contribution in [-0.4, -0.2) is 19.6 Å². The van der Waals surface area contributed by atoms with Gasteiger partial charge in [-0.1, -0.05) is 18.2 Å². The third-order valence-corrected chi connectivity index (χ3v) is 3.74. The Bertz CT molecular complexity index is 1090. The number of aryl methyl sites for hydroxylation is 1. The second kappa shape index (κ2) is 5.44. The number of hydrogen-bond acceptors (Lipinski definition) is 4. The van der Waals surface area contributed by atoms with E-state index in [2.05, 4.69) is 15.2 Å². The Morgan fingerprint density at radius 2 is 1.80 bits per heavy atom. The highest BCUT2D eigenvalue weighted by atomic mass is 19.4. The van der Waals surface area contributed by atoms with Crippen LogP contribution in [0.2, 0.25) is 0 Å². The number of nitrogens with zero attached hydrogens (tertiary/aromatic N) is 4. The fraction of sp³-hybridized carbons (Fsp3) is 0.118. The third kappa shape index (κ3) is 2.65. The summed E-state index contributed by atoms with van der Waals surface area (Å²) in [4.78, 5) is 4.38. The molecule has 0 radical (unpaired) electrons. The number of halogens is 3. The molecule has 126 valence electrons. The smallest absolute Gasteiger partial charge is 0.416 e. The Morgan fingerprint density at radius 1 is 1.00 bits per heavy atom. The molecule has 0 saturated heterocycles. The molecule has 0 bridgehead atoms. The van der Waals surface area contributed by atoms with Gasteiger partial charge in [0.15, 0.2) is 0 Å². The van der Waals surface area contributed by atoms with Crippen molar-refractivity contribution in [2.75, 3.05) is 0 Å². The highest BCUT2D eigenvalue weighted by Crippen LogP contribution is 2.33. The zero-order valence-corrected chi connectivity index (χ0v) is 12.9. The largest absolute Gasteiger partial charge is 0.436 e. The number of fused-ring (bicyclic) bond motifs is 3. The quantitative estimate of drug-likeness (QED) is 0.541. The molecule has 4 rings (SSSR count). The lowest BCUT2D eigenvalue weighted by molar-refractivity contribution is -0.137. The van der Waals surface area contributed by atoms with Gasteiger partial charge in [0.2, 0.25) is 5.65 Å². The van der Waals surface area contributed by atoms with Gasteiger partial charge in [-0.15, -0.1) is 10.2 Å². The first-order chi connectivity index (χ1) is 11.9. The number of rotatable bonds is 2. The van der Waals surface area contributed by atoms with Crippen molar-refractivity contribution in [1.29, 1.82) is 0 Å². The molecule has 5 nitrogen and oxygen atoms in total. The van der Waals surface area contributed by atoms with Crippen LogP contribution in [0.3, 0.4) is 0 Å². The summed E-state index contributed by atoms with van der Waals surface area (Å²) in [6.07, 6.45) is -4.45. The molecule has 25 heavy (non-hydrogen) atoms. The second-order valence-corrected chi connectivity index (χ2v) is 5.44. The Hall–Kier alpha value is -3.16. The average molecular weight is 344 g/mol. The van der Waals surface area contributed by atoms with Crippen molar-refractivity contribution in [3.8, 4) is 11.6 Å². The monoisotopic (exact) mass is 344 g/mol. The van der Waals surface area contributed by atoms with E-state index in [-0.39, 0.29) is 11.6 Å². The molecule has 4 aromatic rings. The van der Waals surface area contributed by atoms with E-state index < -0.39 is 11.7 Å². The zero-order chi connectivity index (χ0) is 17.6. The highest BCUT2D eigenvalue weighted by Gasteiger charge is 2.30. The van der Waals surface area contributed by atoms with Crippen molar-refractivity contribution in [3.05, 3.63) is 59.9 Å². The number of para-hydroxylation sites is 2. The molecular formula is C17H11F3N4O. The Kier molecular flexibility index (Phi) is 3.34. The van der Waals surface area contributed by atoms with Crippen LogP contribution in [0.15, 0.2) is 48.5 Å². The van der Waals surface area contributed by atoms with Gasteiger partial charge in [0.1, 0.15) is 11.6 Å². The molecule has 0 unspecified atom stereocenters. The molecule has 0 fully saturated rings. The van der Waals surface area contributed by atoms with E-state index in [1.165, 1.54) is 12.1 Å². The van der Waals surface area contributed by atoms with Gasteiger partial charge in [0.25, 0.3) is 5.88 Å². The molecule has 0 aliphatic carbocycles. The van der Waals surface area contributed by atoms with Crippen molar-refractivity contribution in [1.82, 2.24) is 19.6 Å². The molecule has 0 spiro atoms. The maximum Gasteiger partial charge on any atom is 0.416 e. The topological polar surface area (TPSA) is 52.3 Å². The van der Waals surface area contributed by atoms with Crippen molar-refractivity contribution in [2.24, 2.45) is 0 Å². The van der Waals surface area contributed by atoms with E-state index in [4.69, 9.17) is 4.74 Å². The van der Waals surface area contributed by atoms with Gasteiger partial charge in [-0.05, 0) is 37.3 Å². The minimum absolute atomic E-state index is 0.0279. The Balaban J connectivity index is 1.87. The lowest BCUT2D eigenvalue weighted by atomic mass is 10.2. The lowest BCUT2D eigenvalue weighted by Crippen LogP contribution is -2.05. The van der Waals surface area contributed by atoms with Crippen molar-refractivity contribution in [3.63, 3.8) is 0 Å². The second-order valence-electron chi connectivity index (χ2n) is 5.44. The van der Waals surface area contributed by atoms with E-state index in [9.17, 15) is 13.2 Å². The van der Waals surface area contributed by atoms with Crippen LogP contribution in [0.4, 0.5) is 13.2 Å². The van der Waals surface area contributed by atoms with Crippen LogP contribution in [0.1, 0.15) is 11.4 Å². The molecule has 0 aliphatic rings. The zero-order valence-electron chi connectivity index (χ0n) is 12.9. The maximum atomic E-state index is 12.9. The summed E-state index contributed by atoms with van der Waals surface area (Å²) >= 11 is 0. The predicted octanol–water partition coefficient (Wildman–Crippen LogP) is 4.40. The number of aromatic nitrogens is 4. The molecule has 0 saturated carbocycles. The fourth-order valence-corrected chi connectivity index (χ4v) is 2.61.